The maximum absolute atomic E-state index is 11.9. The van der Waals surface area contributed by atoms with Crippen molar-refractivity contribution < 1.29 is 9.90 Å². The average molecular weight is 251 g/mol. The number of carbonyl (C=O) groups excluding carboxylic acids is 1. The first kappa shape index (κ1) is 13.3. The molecule has 1 saturated heterocycles. The highest BCUT2D eigenvalue weighted by Crippen LogP contribution is 2.29. The maximum Gasteiger partial charge on any atom is 0.235 e. The molecule has 0 bridgehead atoms. The SMILES string of the molecule is CC1(O)CCN(CC(=O)NC2(C#N)CCCC2)C1. The summed E-state index contributed by atoms with van der Waals surface area (Å²) in [6.45, 7) is 3.33. The molecule has 2 fully saturated rings. The van der Waals surface area contributed by atoms with Crippen LogP contribution in [0.3, 0.4) is 0 Å². The smallest absolute Gasteiger partial charge is 0.235 e. The molecule has 1 heterocycles. The number of nitrogens with one attached hydrogen (secondary N) is 1. The number of aliphatic hydroxyl groups is 1. The third-order valence-corrected chi connectivity index (χ3v) is 3.95. The van der Waals surface area contributed by atoms with Crippen molar-refractivity contribution in [2.24, 2.45) is 0 Å². The molecule has 1 amide bonds. The van der Waals surface area contributed by atoms with E-state index in [1.54, 1.807) is 6.92 Å². The second kappa shape index (κ2) is 4.87. The second-order valence-corrected chi connectivity index (χ2v) is 5.91. The van der Waals surface area contributed by atoms with Gasteiger partial charge in [0.1, 0.15) is 5.54 Å². The lowest BCUT2D eigenvalue weighted by Crippen LogP contribution is -2.49. The first-order valence-corrected chi connectivity index (χ1v) is 6.62. The van der Waals surface area contributed by atoms with E-state index in [-0.39, 0.29) is 12.5 Å². The monoisotopic (exact) mass is 251 g/mol. The summed E-state index contributed by atoms with van der Waals surface area (Å²) >= 11 is 0. The Morgan fingerprint density at radius 3 is 2.61 bits per heavy atom. The fourth-order valence-electron chi connectivity index (χ4n) is 2.93. The Labute approximate surface area is 108 Å². The summed E-state index contributed by atoms with van der Waals surface area (Å²) in [4.78, 5) is 13.9. The van der Waals surface area contributed by atoms with E-state index in [1.165, 1.54) is 0 Å². The highest BCUT2D eigenvalue weighted by Gasteiger charge is 2.37. The Morgan fingerprint density at radius 1 is 1.44 bits per heavy atom. The van der Waals surface area contributed by atoms with Crippen LogP contribution in [-0.4, -0.2) is 46.7 Å². The van der Waals surface area contributed by atoms with Crippen molar-refractivity contribution >= 4 is 5.91 Å². The van der Waals surface area contributed by atoms with Crippen molar-refractivity contribution in [2.75, 3.05) is 19.6 Å². The summed E-state index contributed by atoms with van der Waals surface area (Å²) < 4.78 is 0. The molecular formula is C13H21N3O2. The Hall–Kier alpha value is -1.12. The lowest BCUT2D eigenvalue weighted by atomic mass is 10.00. The molecule has 0 aromatic carbocycles. The maximum atomic E-state index is 11.9. The largest absolute Gasteiger partial charge is 0.389 e. The minimum Gasteiger partial charge on any atom is -0.389 e. The first-order chi connectivity index (χ1) is 8.45. The zero-order valence-electron chi connectivity index (χ0n) is 10.9. The van der Waals surface area contributed by atoms with Crippen LogP contribution in [0.4, 0.5) is 0 Å². The number of hydrogen-bond acceptors (Lipinski definition) is 4. The lowest BCUT2D eigenvalue weighted by molar-refractivity contribution is -0.123. The molecule has 5 nitrogen and oxygen atoms in total. The van der Waals surface area contributed by atoms with Gasteiger partial charge in [0.2, 0.25) is 5.91 Å². The number of nitriles is 1. The number of likely N-dealkylation sites (tertiary alicyclic amines) is 1. The Balaban J connectivity index is 1.84. The number of carbonyl (C=O) groups is 1. The van der Waals surface area contributed by atoms with E-state index < -0.39 is 11.1 Å². The number of rotatable bonds is 3. The Kier molecular flexibility index (Phi) is 3.60. The van der Waals surface area contributed by atoms with Gasteiger partial charge >= 0.3 is 0 Å². The molecule has 100 valence electrons. The Bertz CT molecular complexity index is 367. The third-order valence-electron chi connectivity index (χ3n) is 3.95. The van der Waals surface area contributed by atoms with Crippen molar-refractivity contribution in [1.29, 1.82) is 5.26 Å². The fourth-order valence-corrected chi connectivity index (χ4v) is 2.93. The van der Waals surface area contributed by atoms with Gasteiger partial charge in [0.15, 0.2) is 0 Å². The van der Waals surface area contributed by atoms with Crippen LogP contribution in [-0.2, 0) is 4.79 Å². The number of hydrogen-bond donors (Lipinski definition) is 2. The van der Waals surface area contributed by atoms with Gasteiger partial charge in [-0.05, 0) is 39.0 Å². The van der Waals surface area contributed by atoms with Crippen LogP contribution in [0.1, 0.15) is 39.0 Å². The molecule has 0 spiro atoms. The predicted molar refractivity (Wildman–Crippen MR) is 66.6 cm³/mol. The van der Waals surface area contributed by atoms with Crippen molar-refractivity contribution in [3.63, 3.8) is 0 Å². The van der Waals surface area contributed by atoms with Gasteiger partial charge in [-0.3, -0.25) is 9.69 Å². The van der Waals surface area contributed by atoms with Crippen molar-refractivity contribution in [2.45, 2.75) is 50.2 Å². The summed E-state index contributed by atoms with van der Waals surface area (Å²) in [5, 5.41) is 21.9. The molecule has 5 heteroatoms. The van der Waals surface area contributed by atoms with Crippen molar-refractivity contribution in [3.05, 3.63) is 0 Å². The van der Waals surface area contributed by atoms with Gasteiger partial charge in [-0.25, -0.2) is 0 Å². The third kappa shape index (κ3) is 3.01. The standard InChI is InChI=1S/C13H21N3O2/c1-12(18)6-7-16(10-12)8-11(17)15-13(9-14)4-2-3-5-13/h18H,2-8,10H2,1H3,(H,15,17). The van der Waals surface area contributed by atoms with Crippen molar-refractivity contribution in [1.82, 2.24) is 10.2 Å². The molecule has 2 aliphatic rings. The Morgan fingerprint density at radius 2 is 2.11 bits per heavy atom. The normalized spacial score (nSPS) is 31.2. The van der Waals surface area contributed by atoms with Crippen LogP contribution in [0.5, 0.6) is 0 Å². The van der Waals surface area contributed by atoms with E-state index in [9.17, 15) is 15.2 Å². The minimum atomic E-state index is -0.680. The zero-order chi connectivity index (χ0) is 13.2. The van der Waals surface area contributed by atoms with Crippen LogP contribution < -0.4 is 5.32 Å². The summed E-state index contributed by atoms with van der Waals surface area (Å²) in [6.07, 6.45) is 4.22. The quantitative estimate of drug-likeness (QED) is 0.761. The number of nitrogens with zero attached hydrogens (tertiary/aromatic N) is 2. The molecule has 1 aliphatic carbocycles. The molecular weight excluding hydrogens is 230 g/mol. The topological polar surface area (TPSA) is 76.4 Å². The van der Waals surface area contributed by atoms with E-state index in [4.69, 9.17) is 0 Å². The molecule has 0 aromatic rings. The van der Waals surface area contributed by atoms with Crippen LogP contribution in [0.2, 0.25) is 0 Å². The van der Waals surface area contributed by atoms with E-state index >= 15 is 0 Å². The molecule has 2 N–H and O–H groups in total. The summed E-state index contributed by atoms with van der Waals surface area (Å²) in [7, 11) is 0. The zero-order valence-corrected chi connectivity index (χ0v) is 10.9. The number of β-amino-alcohol motifs (C(OH)–C–C–N with tert-alkyl or cyclic N) is 1. The highest BCUT2D eigenvalue weighted by molar-refractivity contribution is 5.79. The van der Waals surface area contributed by atoms with Crippen LogP contribution >= 0.6 is 0 Å². The van der Waals surface area contributed by atoms with E-state index in [0.717, 1.165) is 32.2 Å². The molecule has 2 rings (SSSR count). The van der Waals surface area contributed by atoms with E-state index in [1.807, 2.05) is 4.90 Å². The molecule has 1 saturated carbocycles. The van der Waals surface area contributed by atoms with Crippen LogP contribution in [0.25, 0.3) is 0 Å². The molecule has 1 aliphatic heterocycles. The molecule has 1 atom stereocenters. The molecule has 0 radical (unpaired) electrons. The van der Waals surface area contributed by atoms with Gasteiger partial charge in [-0.15, -0.1) is 0 Å². The predicted octanol–water partition coefficient (Wildman–Crippen LogP) is 0.396. The minimum absolute atomic E-state index is 0.101. The summed E-state index contributed by atoms with van der Waals surface area (Å²) in [5.41, 5.74) is -1.32. The van der Waals surface area contributed by atoms with Gasteiger partial charge in [0.25, 0.3) is 0 Å². The van der Waals surface area contributed by atoms with Gasteiger partial charge in [0.05, 0.1) is 18.2 Å². The second-order valence-electron chi connectivity index (χ2n) is 5.91. The van der Waals surface area contributed by atoms with Gasteiger partial charge in [-0.1, -0.05) is 0 Å². The molecule has 0 aromatic heterocycles. The fraction of sp³-hybridized carbons (Fsp3) is 0.846. The van der Waals surface area contributed by atoms with Crippen molar-refractivity contribution in [3.8, 4) is 6.07 Å². The van der Waals surface area contributed by atoms with Gasteiger partial charge in [-0.2, -0.15) is 5.26 Å². The van der Waals surface area contributed by atoms with Gasteiger partial charge < -0.3 is 10.4 Å². The summed E-state index contributed by atoms with van der Waals surface area (Å²) in [6, 6.07) is 2.25. The lowest BCUT2D eigenvalue weighted by Gasteiger charge is -2.24. The molecule has 1 unspecified atom stereocenters. The van der Waals surface area contributed by atoms with E-state index in [2.05, 4.69) is 11.4 Å². The average Bonchev–Trinajstić information content (AvgIpc) is 2.86. The summed E-state index contributed by atoms with van der Waals surface area (Å²) in [5.74, 6) is -0.101. The molecule has 18 heavy (non-hydrogen) atoms. The van der Waals surface area contributed by atoms with Gasteiger partial charge in [0, 0.05) is 13.1 Å². The van der Waals surface area contributed by atoms with Crippen LogP contribution in [0.15, 0.2) is 0 Å². The number of amides is 1. The van der Waals surface area contributed by atoms with E-state index in [0.29, 0.717) is 13.0 Å². The first-order valence-electron chi connectivity index (χ1n) is 6.62. The highest BCUT2D eigenvalue weighted by atomic mass is 16.3. The van der Waals surface area contributed by atoms with Crippen LogP contribution in [0, 0.1) is 11.3 Å².